The molecule has 0 atom stereocenters. The van der Waals surface area contributed by atoms with Gasteiger partial charge in [0.15, 0.2) is 0 Å². The molecule has 2 nitrogen and oxygen atoms in total. The Balaban J connectivity index is 2.86. The van der Waals surface area contributed by atoms with Crippen LogP contribution in [0.1, 0.15) is 37.6 Å². The van der Waals surface area contributed by atoms with E-state index in [1.807, 2.05) is 13.8 Å². The van der Waals surface area contributed by atoms with Crippen LogP contribution in [-0.4, -0.2) is 10.2 Å². The van der Waals surface area contributed by atoms with E-state index in [-0.39, 0.29) is 11.6 Å². The number of aromatic nitrogens is 2. The van der Waals surface area contributed by atoms with Gasteiger partial charge in [0.05, 0.1) is 5.69 Å². The van der Waals surface area contributed by atoms with E-state index in [2.05, 4.69) is 10.2 Å². The lowest BCUT2D eigenvalue weighted by molar-refractivity contribution is 0.144. The van der Waals surface area contributed by atoms with Crippen molar-refractivity contribution in [3.05, 3.63) is 23.5 Å². The summed E-state index contributed by atoms with van der Waals surface area (Å²) in [5.41, 5.74) is 0.471. The molecule has 0 aliphatic heterocycles. The van der Waals surface area contributed by atoms with E-state index in [9.17, 15) is 8.78 Å². The van der Waals surface area contributed by atoms with Crippen LogP contribution >= 0.6 is 0 Å². The third-order valence-corrected chi connectivity index (χ3v) is 1.52. The monoisotopic (exact) mass is 172 g/mol. The van der Waals surface area contributed by atoms with Crippen LogP contribution in [0.2, 0.25) is 0 Å². The first-order valence-electron chi connectivity index (χ1n) is 3.73. The Kier molecular flexibility index (Phi) is 2.68. The summed E-state index contributed by atoms with van der Waals surface area (Å²) in [7, 11) is 0. The van der Waals surface area contributed by atoms with Crippen LogP contribution in [0, 0.1) is 0 Å². The standard InChI is InChI=1S/C8H10F2N2/c1-5(2)6-3-4-7(8(9)10)12-11-6/h3-5,8H,1-2H3. The third-order valence-electron chi connectivity index (χ3n) is 1.52. The van der Waals surface area contributed by atoms with Gasteiger partial charge in [-0.25, -0.2) is 8.78 Å². The lowest BCUT2D eigenvalue weighted by atomic mass is 10.1. The zero-order chi connectivity index (χ0) is 9.14. The van der Waals surface area contributed by atoms with Crippen LogP contribution in [0.3, 0.4) is 0 Å². The molecule has 1 rings (SSSR count). The van der Waals surface area contributed by atoms with Gasteiger partial charge in [-0.3, -0.25) is 0 Å². The summed E-state index contributed by atoms with van der Waals surface area (Å²) in [6.45, 7) is 3.87. The van der Waals surface area contributed by atoms with Gasteiger partial charge in [-0.2, -0.15) is 5.10 Å². The smallest absolute Gasteiger partial charge is 0.203 e. The Hall–Kier alpha value is -1.06. The van der Waals surface area contributed by atoms with E-state index in [0.29, 0.717) is 0 Å². The number of halogens is 2. The largest absolute Gasteiger partial charge is 0.282 e. The zero-order valence-corrected chi connectivity index (χ0v) is 6.96. The number of hydrogen-bond acceptors (Lipinski definition) is 2. The fraction of sp³-hybridized carbons (Fsp3) is 0.500. The minimum absolute atomic E-state index is 0.226. The van der Waals surface area contributed by atoms with Gasteiger partial charge < -0.3 is 0 Å². The Bertz CT molecular complexity index is 217. The van der Waals surface area contributed by atoms with Gasteiger partial charge in [0.25, 0.3) is 6.43 Å². The topological polar surface area (TPSA) is 25.8 Å². The van der Waals surface area contributed by atoms with Crippen LogP contribution in [0.25, 0.3) is 0 Å². The molecule has 4 heteroatoms. The lowest BCUT2D eigenvalue weighted by Crippen LogP contribution is -1.98. The molecule has 0 aliphatic carbocycles. The number of rotatable bonds is 2. The van der Waals surface area contributed by atoms with E-state index < -0.39 is 6.43 Å². The van der Waals surface area contributed by atoms with Gasteiger partial charge in [-0.05, 0) is 18.1 Å². The first-order valence-corrected chi connectivity index (χ1v) is 3.73. The molecule has 12 heavy (non-hydrogen) atoms. The van der Waals surface area contributed by atoms with Crippen molar-refractivity contribution in [3.63, 3.8) is 0 Å². The summed E-state index contributed by atoms with van der Waals surface area (Å²) in [5, 5.41) is 7.07. The minimum Gasteiger partial charge on any atom is -0.203 e. The Morgan fingerprint density at radius 3 is 1.92 bits per heavy atom. The van der Waals surface area contributed by atoms with Gasteiger partial charge in [-0.15, -0.1) is 5.10 Å². The van der Waals surface area contributed by atoms with Crippen molar-refractivity contribution in [1.29, 1.82) is 0 Å². The molecule has 66 valence electrons. The minimum atomic E-state index is -2.53. The maximum absolute atomic E-state index is 12.0. The Morgan fingerprint density at radius 1 is 1.08 bits per heavy atom. The maximum Gasteiger partial charge on any atom is 0.282 e. The van der Waals surface area contributed by atoms with Gasteiger partial charge >= 0.3 is 0 Å². The normalized spacial score (nSPS) is 11.2. The molecular formula is C8H10F2N2. The molecule has 0 fully saturated rings. The molecule has 0 saturated heterocycles. The highest BCUT2D eigenvalue weighted by Gasteiger charge is 2.09. The van der Waals surface area contributed by atoms with Crippen LogP contribution in [0.15, 0.2) is 12.1 Å². The predicted octanol–water partition coefficient (Wildman–Crippen LogP) is 2.54. The second kappa shape index (κ2) is 3.56. The Labute approximate surface area is 69.6 Å². The predicted molar refractivity (Wildman–Crippen MR) is 41.1 cm³/mol. The van der Waals surface area contributed by atoms with Crippen LogP contribution in [-0.2, 0) is 0 Å². The van der Waals surface area contributed by atoms with E-state index in [1.54, 1.807) is 6.07 Å². The summed E-state index contributed by atoms with van der Waals surface area (Å²) < 4.78 is 24.0. The first-order chi connectivity index (χ1) is 5.61. The summed E-state index contributed by atoms with van der Waals surface area (Å²) >= 11 is 0. The van der Waals surface area contributed by atoms with Crippen molar-refractivity contribution in [1.82, 2.24) is 10.2 Å². The van der Waals surface area contributed by atoms with Gasteiger partial charge in [0.1, 0.15) is 5.69 Å². The number of nitrogens with zero attached hydrogens (tertiary/aromatic N) is 2. The van der Waals surface area contributed by atoms with E-state index in [4.69, 9.17) is 0 Å². The molecule has 1 heterocycles. The average Bonchev–Trinajstić information content (AvgIpc) is 2.04. The van der Waals surface area contributed by atoms with E-state index in [0.717, 1.165) is 5.69 Å². The number of hydrogen-bond donors (Lipinski definition) is 0. The lowest BCUT2D eigenvalue weighted by Gasteiger charge is -2.03. The molecule has 0 bridgehead atoms. The molecule has 0 aromatic carbocycles. The molecular weight excluding hydrogens is 162 g/mol. The second-order valence-electron chi connectivity index (χ2n) is 2.84. The molecule has 0 radical (unpaired) electrons. The fourth-order valence-corrected chi connectivity index (χ4v) is 0.777. The van der Waals surface area contributed by atoms with Gasteiger partial charge in [0, 0.05) is 0 Å². The SMILES string of the molecule is CC(C)c1ccc(C(F)F)nn1. The van der Waals surface area contributed by atoms with Crippen molar-refractivity contribution in [2.45, 2.75) is 26.2 Å². The summed E-state index contributed by atoms with van der Waals surface area (Å²) in [6.07, 6.45) is -2.53. The molecule has 0 amide bonds. The molecule has 0 aliphatic rings. The highest BCUT2D eigenvalue weighted by molar-refractivity contribution is 5.10. The summed E-state index contributed by atoms with van der Waals surface area (Å²) in [5.74, 6) is 0.226. The summed E-state index contributed by atoms with van der Waals surface area (Å²) in [6, 6.07) is 2.90. The van der Waals surface area contributed by atoms with Crippen LogP contribution < -0.4 is 0 Å². The molecule has 1 aromatic rings. The molecule has 0 spiro atoms. The molecule has 0 saturated carbocycles. The molecule has 1 aromatic heterocycles. The highest BCUT2D eigenvalue weighted by atomic mass is 19.3. The second-order valence-corrected chi connectivity index (χ2v) is 2.84. The van der Waals surface area contributed by atoms with Crippen molar-refractivity contribution < 1.29 is 8.78 Å². The van der Waals surface area contributed by atoms with Crippen molar-refractivity contribution in [2.75, 3.05) is 0 Å². The highest BCUT2D eigenvalue weighted by Crippen LogP contribution is 2.16. The van der Waals surface area contributed by atoms with Crippen LogP contribution in [0.5, 0.6) is 0 Å². The Morgan fingerprint density at radius 2 is 1.58 bits per heavy atom. The number of alkyl halides is 2. The van der Waals surface area contributed by atoms with Crippen molar-refractivity contribution in [2.24, 2.45) is 0 Å². The van der Waals surface area contributed by atoms with Gasteiger partial charge in [0.2, 0.25) is 0 Å². The van der Waals surface area contributed by atoms with E-state index in [1.165, 1.54) is 6.07 Å². The quantitative estimate of drug-likeness (QED) is 0.685. The zero-order valence-electron chi connectivity index (χ0n) is 6.96. The summed E-state index contributed by atoms with van der Waals surface area (Å²) in [4.78, 5) is 0. The fourth-order valence-electron chi connectivity index (χ4n) is 0.777. The molecule has 0 N–H and O–H groups in total. The maximum atomic E-state index is 12.0. The van der Waals surface area contributed by atoms with E-state index >= 15 is 0 Å². The average molecular weight is 172 g/mol. The third kappa shape index (κ3) is 1.96. The van der Waals surface area contributed by atoms with Crippen molar-refractivity contribution >= 4 is 0 Å². The first kappa shape index (κ1) is 9.03. The van der Waals surface area contributed by atoms with Crippen molar-refractivity contribution in [3.8, 4) is 0 Å². The molecule has 0 unspecified atom stereocenters. The van der Waals surface area contributed by atoms with Gasteiger partial charge in [-0.1, -0.05) is 13.8 Å². The van der Waals surface area contributed by atoms with Crippen LogP contribution in [0.4, 0.5) is 8.78 Å².